The van der Waals surface area contributed by atoms with E-state index in [-0.39, 0.29) is 37.2 Å². The molecule has 0 spiro atoms. The molecule has 1 N–H and O–H groups in total. The summed E-state index contributed by atoms with van der Waals surface area (Å²) in [5.41, 5.74) is 0. The summed E-state index contributed by atoms with van der Waals surface area (Å²) in [5, 5.41) is 9.17. The van der Waals surface area contributed by atoms with Crippen LogP contribution in [0.4, 0.5) is 0 Å². The smallest absolute Gasteiger partial charge is 1.00 e. The second-order valence-corrected chi connectivity index (χ2v) is 3.01. The Morgan fingerprint density at radius 3 is 1.78 bits per heavy atom. The molecule has 0 aliphatic carbocycles. The maximum atomic E-state index is 9.17. The molecule has 52 valence electrons. The molecule has 0 fully saturated rings. The SMILES string of the molecule is CCC(O)[N+](C)(C)C.[H-].[Na+]. The largest absolute Gasteiger partial charge is 1.00 e. The Kier molecular flexibility index (Phi) is 6.56. The van der Waals surface area contributed by atoms with E-state index in [9.17, 15) is 0 Å². The van der Waals surface area contributed by atoms with E-state index in [4.69, 9.17) is 5.11 Å². The van der Waals surface area contributed by atoms with Gasteiger partial charge in [0.2, 0.25) is 0 Å². The van der Waals surface area contributed by atoms with Crippen LogP contribution < -0.4 is 29.6 Å². The number of aliphatic hydroxyl groups excluding tert-OH is 1. The Balaban J connectivity index is -0.000000245. The van der Waals surface area contributed by atoms with Gasteiger partial charge in [0, 0.05) is 6.42 Å². The normalized spacial score (nSPS) is 14.3. The summed E-state index contributed by atoms with van der Waals surface area (Å²) in [4.78, 5) is 0. The molecule has 1 unspecified atom stereocenters. The Hall–Kier alpha value is 0.920. The van der Waals surface area contributed by atoms with Gasteiger partial charge in [-0.05, 0) is 0 Å². The maximum Gasteiger partial charge on any atom is 1.00 e. The van der Waals surface area contributed by atoms with Crippen LogP contribution >= 0.6 is 0 Å². The van der Waals surface area contributed by atoms with Gasteiger partial charge in [-0.25, -0.2) is 0 Å². The Morgan fingerprint density at radius 2 is 1.78 bits per heavy atom. The molecule has 0 rings (SSSR count). The predicted molar refractivity (Wildman–Crippen MR) is 35.4 cm³/mol. The zero-order chi connectivity index (χ0) is 6.78. The topological polar surface area (TPSA) is 20.2 Å². The van der Waals surface area contributed by atoms with Crippen LogP contribution in [0.15, 0.2) is 0 Å². The number of quaternary nitrogens is 1. The van der Waals surface area contributed by atoms with E-state index in [1.54, 1.807) is 0 Å². The standard InChI is InChI=1S/C6H16NO.Na.H/c1-5-6(8)7(2,3)4;;/h6,8H,5H2,1-4H3;;/q2*+1;-1. The summed E-state index contributed by atoms with van der Waals surface area (Å²) >= 11 is 0. The van der Waals surface area contributed by atoms with Crippen LogP contribution in [0.1, 0.15) is 14.8 Å². The van der Waals surface area contributed by atoms with Gasteiger partial charge < -0.3 is 11.0 Å². The number of hydrogen-bond donors (Lipinski definition) is 1. The molecule has 1 atom stereocenters. The third kappa shape index (κ3) is 5.37. The molecule has 9 heavy (non-hydrogen) atoms. The van der Waals surface area contributed by atoms with Crippen LogP contribution in [0.2, 0.25) is 0 Å². The Labute approximate surface area is 81.2 Å². The summed E-state index contributed by atoms with van der Waals surface area (Å²) in [6.45, 7) is 1.98. The van der Waals surface area contributed by atoms with Crippen LogP contribution in [0.25, 0.3) is 0 Å². The molecule has 0 bridgehead atoms. The molecule has 0 aliphatic rings. The van der Waals surface area contributed by atoms with E-state index in [0.717, 1.165) is 6.42 Å². The van der Waals surface area contributed by atoms with Gasteiger partial charge in [-0.3, -0.25) is 0 Å². The van der Waals surface area contributed by atoms with Crippen LogP contribution in [-0.2, 0) is 0 Å². The fourth-order valence-corrected chi connectivity index (χ4v) is 0.548. The average Bonchev–Trinajstić information content (AvgIpc) is 1.62. The molecule has 0 aromatic rings. The van der Waals surface area contributed by atoms with Gasteiger partial charge in [0.1, 0.15) is 0 Å². The van der Waals surface area contributed by atoms with Gasteiger partial charge >= 0.3 is 29.6 Å². The fraction of sp³-hybridized carbons (Fsp3) is 1.00. The van der Waals surface area contributed by atoms with Crippen molar-refractivity contribution in [2.24, 2.45) is 0 Å². The molecule has 0 aromatic heterocycles. The van der Waals surface area contributed by atoms with Crippen molar-refractivity contribution in [3.63, 3.8) is 0 Å². The zero-order valence-electron chi connectivity index (χ0n) is 8.18. The summed E-state index contributed by atoms with van der Waals surface area (Å²) in [6, 6.07) is 0. The first-order valence-corrected chi connectivity index (χ1v) is 2.97. The van der Waals surface area contributed by atoms with Crippen LogP contribution in [0.5, 0.6) is 0 Å². The minimum absolute atomic E-state index is 0. The average molecular weight is 142 g/mol. The van der Waals surface area contributed by atoms with Crippen molar-refractivity contribution in [1.29, 1.82) is 0 Å². The van der Waals surface area contributed by atoms with E-state index in [1.165, 1.54) is 0 Å². The monoisotopic (exact) mass is 142 g/mol. The molecule has 2 nitrogen and oxygen atoms in total. The molecule has 0 saturated heterocycles. The summed E-state index contributed by atoms with van der Waals surface area (Å²) in [5.74, 6) is 0. The predicted octanol–water partition coefficient (Wildman–Crippen LogP) is -2.46. The van der Waals surface area contributed by atoms with Crippen molar-refractivity contribution in [3.05, 3.63) is 0 Å². The van der Waals surface area contributed by atoms with Gasteiger partial charge in [-0.2, -0.15) is 0 Å². The molecule has 0 radical (unpaired) electrons. The van der Waals surface area contributed by atoms with Crippen LogP contribution in [0.3, 0.4) is 0 Å². The van der Waals surface area contributed by atoms with E-state index in [2.05, 4.69) is 0 Å². The molecular weight excluding hydrogens is 125 g/mol. The summed E-state index contributed by atoms with van der Waals surface area (Å²) in [7, 11) is 5.94. The van der Waals surface area contributed by atoms with E-state index < -0.39 is 0 Å². The van der Waals surface area contributed by atoms with Crippen molar-refractivity contribution < 1.29 is 40.6 Å². The van der Waals surface area contributed by atoms with Crippen molar-refractivity contribution >= 4 is 0 Å². The first-order chi connectivity index (χ1) is 3.48. The van der Waals surface area contributed by atoms with E-state index in [0.29, 0.717) is 4.48 Å². The van der Waals surface area contributed by atoms with Gasteiger partial charge in [-0.15, -0.1) is 0 Å². The van der Waals surface area contributed by atoms with Crippen LogP contribution in [0, 0.1) is 0 Å². The number of aliphatic hydroxyl groups is 1. The van der Waals surface area contributed by atoms with E-state index >= 15 is 0 Å². The number of hydrogen-bond acceptors (Lipinski definition) is 1. The van der Waals surface area contributed by atoms with Crippen molar-refractivity contribution in [2.45, 2.75) is 19.6 Å². The summed E-state index contributed by atoms with van der Waals surface area (Å²) < 4.78 is 0.635. The second kappa shape index (κ2) is 4.69. The quantitative estimate of drug-likeness (QED) is 0.257. The first kappa shape index (κ1) is 12.6. The molecular formula is C6H17NNaO+. The first-order valence-electron chi connectivity index (χ1n) is 2.97. The van der Waals surface area contributed by atoms with Crippen molar-refractivity contribution in [2.75, 3.05) is 21.1 Å². The Morgan fingerprint density at radius 1 is 1.44 bits per heavy atom. The summed E-state index contributed by atoms with van der Waals surface area (Å²) in [6.07, 6.45) is 0.610. The van der Waals surface area contributed by atoms with Gasteiger partial charge in [0.15, 0.2) is 6.23 Å². The minimum atomic E-state index is -0.213. The molecule has 0 amide bonds. The fourth-order valence-electron chi connectivity index (χ4n) is 0.548. The van der Waals surface area contributed by atoms with Crippen LogP contribution in [-0.4, -0.2) is 37.0 Å². The van der Waals surface area contributed by atoms with Gasteiger partial charge in [0.05, 0.1) is 21.1 Å². The third-order valence-electron chi connectivity index (χ3n) is 1.26. The zero-order valence-corrected chi connectivity index (χ0v) is 9.18. The molecule has 0 saturated carbocycles. The van der Waals surface area contributed by atoms with Gasteiger partial charge in [-0.1, -0.05) is 6.92 Å². The number of nitrogens with zero attached hydrogens (tertiary/aromatic N) is 1. The minimum Gasteiger partial charge on any atom is -1.00 e. The van der Waals surface area contributed by atoms with E-state index in [1.807, 2.05) is 28.1 Å². The Bertz CT molecular complexity index is 74.6. The van der Waals surface area contributed by atoms with Gasteiger partial charge in [0.25, 0.3) is 0 Å². The number of rotatable bonds is 2. The maximum absolute atomic E-state index is 9.17. The van der Waals surface area contributed by atoms with Crippen molar-refractivity contribution in [3.8, 4) is 0 Å². The molecule has 0 aliphatic heterocycles. The molecule has 0 heterocycles. The third-order valence-corrected chi connectivity index (χ3v) is 1.26. The molecule has 0 aromatic carbocycles. The second-order valence-electron chi connectivity index (χ2n) is 3.01. The molecule has 3 heteroatoms. The van der Waals surface area contributed by atoms with Crippen molar-refractivity contribution in [1.82, 2.24) is 0 Å².